The average Bonchev–Trinajstić information content (AvgIpc) is 2.46. The van der Waals surface area contributed by atoms with Gasteiger partial charge in [0.2, 0.25) is 0 Å². The Balaban J connectivity index is 2.16. The predicted octanol–water partition coefficient (Wildman–Crippen LogP) is 4.91. The first-order chi connectivity index (χ1) is 9.61. The summed E-state index contributed by atoms with van der Waals surface area (Å²) in [6.07, 6.45) is 0. The Kier molecular flexibility index (Phi) is 5.27. The zero-order valence-corrected chi connectivity index (χ0v) is 13.3. The quantitative estimate of drug-likeness (QED) is 0.790. The minimum absolute atomic E-state index is 0.320. The SMILES string of the molecule is Cc1ccccc1C(CN)Sc1ccc(C(C)C)cc1. The minimum atomic E-state index is 0.320. The molecule has 0 radical (unpaired) electrons. The molecular formula is C18H23NS. The van der Waals surface area contributed by atoms with E-state index >= 15 is 0 Å². The number of thioether (sulfide) groups is 1. The lowest BCUT2D eigenvalue weighted by atomic mass is 10.0. The molecule has 2 rings (SSSR count). The molecule has 0 fully saturated rings. The van der Waals surface area contributed by atoms with E-state index in [0.717, 1.165) is 0 Å². The lowest BCUT2D eigenvalue weighted by Gasteiger charge is -2.17. The van der Waals surface area contributed by atoms with Crippen LogP contribution < -0.4 is 5.73 Å². The largest absolute Gasteiger partial charge is 0.329 e. The fraction of sp³-hybridized carbons (Fsp3) is 0.333. The molecule has 0 aliphatic rings. The second-order valence-electron chi connectivity index (χ2n) is 5.42. The molecular weight excluding hydrogens is 262 g/mol. The molecule has 0 saturated carbocycles. The van der Waals surface area contributed by atoms with E-state index in [1.807, 2.05) is 11.8 Å². The smallest absolute Gasteiger partial charge is 0.0469 e. The number of hydrogen-bond acceptors (Lipinski definition) is 2. The van der Waals surface area contributed by atoms with Crippen molar-refractivity contribution in [3.63, 3.8) is 0 Å². The van der Waals surface area contributed by atoms with Gasteiger partial charge in [-0.3, -0.25) is 0 Å². The summed E-state index contributed by atoms with van der Waals surface area (Å²) in [7, 11) is 0. The highest BCUT2D eigenvalue weighted by molar-refractivity contribution is 7.99. The molecule has 20 heavy (non-hydrogen) atoms. The summed E-state index contributed by atoms with van der Waals surface area (Å²) < 4.78 is 0. The zero-order valence-electron chi connectivity index (χ0n) is 12.5. The third-order valence-corrected chi connectivity index (χ3v) is 4.85. The van der Waals surface area contributed by atoms with Gasteiger partial charge in [0.15, 0.2) is 0 Å². The second kappa shape index (κ2) is 6.96. The van der Waals surface area contributed by atoms with E-state index in [-0.39, 0.29) is 0 Å². The van der Waals surface area contributed by atoms with Crippen molar-refractivity contribution in [2.24, 2.45) is 5.73 Å². The molecule has 0 bridgehead atoms. The van der Waals surface area contributed by atoms with Crippen molar-refractivity contribution in [3.05, 3.63) is 65.2 Å². The van der Waals surface area contributed by atoms with Gasteiger partial charge in [-0.2, -0.15) is 0 Å². The van der Waals surface area contributed by atoms with E-state index in [1.54, 1.807) is 0 Å². The molecule has 0 aliphatic heterocycles. The molecule has 0 aromatic heterocycles. The first-order valence-electron chi connectivity index (χ1n) is 7.14. The Labute approximate surface area is 126 Å². The van der Waals surface area contributed by atoms with Crippen molar-refractivity contribution in [3.8, 4) is 0 Å². The van der Waals surface area contributed by atoms with Gasteiger partial charge in [-0.15, -0.1) is 11.8 Å². The molecule has 2 aromatic carbocycles. The van der Waals surface area contributed by atoms with Crippen LogP contribution >= 0.6 is 11.8 Å². The fourth-order valence-electron chi connectivity index (χ4n) is 2.28. The van der Waals surface area contributed by atoms with E-state index in [9.17, 15) is 0 Å². The highest BCUT2D eigenvalue weighted by atomic mass is 32.2. The molecule has 106 valence electrons. The third-order valence-electron chi connectivity index (χ3n) is 3.57. The number of aryl methyl sites for hydroxylation is 1. The van der Waals surface area contributed by atoms with Gasteiger partial charge in [-0.25, -0.2) is 0 Å². The van der Waals surface area contributed by atoms with Crippen LogP contribution in [0.5, 0.6) is 0 Å². The molecule has 0 spiro atoms. The van der Waals surface area contributed by atoms with Crippen LogP contribution in [-0.4, -0.2) is 6.54 Å². The van der Waals surface area contributed by atoms with Crippen LogP contribution in [-0.2, 0) is 0 Å². The van der Waals surface area contributed by atoms with Gasteiger partial charge >= 0.3 is 0 Å². The molecule has 1 unspecified atom stereocenters. The Morgan fingerprint density at radius 1 is 1.00 bits per heavy atom. The van der Waals surface area contributed by atoms with Crippen molar-refractivity contribution in [1.82, 2.24) is 0 Å². The summed E-state index contributed by atoms with van der Waals surface area (Å²) in [5, 5.41) is 0.320. The summed E-state index contributed by atoms with van der Waals surface area (Å²) >= 11 is 1.85. The van der Waals surface area contributed by atoms with Crippen LogP contribution in [0.4, 0.5) is 0 Å². The first-order valence-corrected chi connectivity index (χ1v) is 8.02. The van der Waals surface area contributed by atoms with Gasteiger partial charge in [0, 0.05) is 16.7 Å². The topological polar surface area (TPSA) is 26.0 Å². The fourth-order valence-corrected chi connectivity index (χ4v) is 3.39. The number of hydrogen-bond donors (Lipinski definition) is 1. The van der Waals surface area contributed by atoms with Crippen LogP contribution in [0.15, 0.2) is 53.4 Å². The molecule has 0 amide bonds. The maximum Gasteiger partial charge on any atom is 0.0469 e. The first kappa shape index (κ1) is 15.1. The van der Waals surface area contributed by atoms with Crippen LogP contribution in [0.2, 0.25) is 0 Å². The van der Waals surface area contributed by atoms with Crippen molar-refractivity contribution in [1.29, 1.82) is 0 Å². The summed E-state index contributed by atoms with van der Waals surface area (Å²) in [5.74, 6) is 0.579. The lowest BCUT2D eigenvalue weighted by molar-refractivity contribution is 0.864. The number of rotatable bonds is 5. The zero-order chi connectivity index (χ0) is 14.5. The number of benzene rings is 2. The highest BCUT2D eigenvalue weighted by Crippen LogP contribution is 2.36. The average molecular weight is 285 g/mol. The van der Waals surface area contributed by atoms with Crippen molar-refractivity contribution in [2.45, 2.75) is 36.8 Å². The molecule has 1 atom stereocenters. The molecule has 2 heteroatoms. The van der Waals surface area contributed by atoms with Crippen molar-refractivity contribution in [2.75, 3.05) is 6.54 Å². The standard InChI is InChI=1S/C18H23NS/c1-13(2)15-8-10-16(11-9-15)20-18(12-19)17-7-5-4-6-14(17)3/h4-11,13,18H,12,19H2,1-3H3. The Hall–Kier alpha value is -1.25. The minimum Gasteiger partial charge on any atom is -0.329 e. The summed E-state index contributed by atoms with van der Waals surface area (Å²) in [6, 6.07) is 17.4. The summed E-state index contributed by atoms with van der Waals surface area (Å²) in [5.41, 5.74) is 10.0. The molecule has 0 aliphatic carbocycles. The molecule has 2 N–H and O–H groups in total. The van der Waals surface area contributed by atoms with Gasteiger partial charge in [0.05, 0.1) is 0 Å². The maximum atomic E-state index is 5.98. The van der Waals surface area contributed by atoms with Gasteiger partial charge in [0.25, 0.3) is 0 Å². The molecule has 0 heterocycles. The molecule has 2 aromatic rings. The highest BCUT2D eigenvalue weighted by Gasteiger charge is 2.13. The second-order valence-corrected chi connectivity index (χ2v) is 6.70. The van der Waals surface area contributed by atoms with Crippen LogP contribution in [0, 0.1) is 6.92 Å². The monoisotopic (exact) mass is 285 g/mol. The van der Waals surface area contributed by atoms with Gasteiger partial charge in [-0.1, -0.05) is 50.2 Å². The van der Waals surface area contributed by atoms with Gasteiger partial charge in [-0.05, 0) is 41.7 Å². The Morgan fingerprint density at radius 2 is 1.65 bits per heavy atom. The van der Waals surface area contributed by atoms with Crippen molar-refractivity contribution >= 4 is 11.8 Å². The van der Waals surface area contributed by atoms with E-state index in [2.05, 4.69) is 69.3 Å². The molecule has 0 saturated heterocycles. The van der Waals surface area contributed by atoms with Crippen LogP contribution in [0.1, 0.15) is 41.7 Å². The maximum absolute atomic E-state index is 5.98. The van der Waals surface area contributed by atoms with E-state index in [0.29, 0.717) is 17.7 Å². The van der Waals surface area contributed by atoms with E-state index in [1.165, 1.54) is 21.6 Å². The van der Waals surface area contributed by atoms with E-state index in [4.69, 9.17) is 5.73 Å². The molecule has 1 nitrogen and oxygen atoms in total. The van der Waals surface area contributed by atoms with Crippen LogP contribution in [0.25, 0.3) is 0 Å². The van der Waals surface area contributed by atoms with Gasteiger partial charge in [0.1, 0.15) is 0 Å². The number of nitrogens with two attached hydrogens (primary N) is 1. The van der Waals surface area contributed by atoms with Gasteiger partial charge < -0.3 is 5.73 Å². The Morgan fingerprint density at radius 3 is 2.20 bits per heavy atom. The third kappa shape index (κ3) is 3.65. The lowest BCUT2D eigenvalue weighted by Crippen LogP contribution is -2.10. The Bertz CT molecular complexity index is 546. The summed E-state index contributed by atoms with van der Waals surface area (Å²) in [4.78, 5) is 1.29. The van der Waals surface area contributed by atoms with E-state index < -0.39 is 0 Å². The van der Waals surface area contributed by atoms with Crippen molar-refractivity contribution < 1.29 is 0 Å². The summed E-state index contributed by atoms with van der Waals surface area (Å²) in [6.45, 7) is 7.25. The predicted molar refractivity (Wildman–Crippen MR) is 89.4 cm³/mol. The normalized spacial score (nSPS) is 12.7. The van der Waals surface area contributed by atoms with Crippen LogP contribution in [0.3, 0.4) is 0 Å².